The molecule has 2 heterocycles. The maximum atomic E-state index is 5.59. The summed E-state index contributed by atoms with van der Waals surface area (Å²) in [5.41, 5.74) is 1.18. The third kappa shape index (κ3) is 4.32. The number of ether oxygens (including phenoxy) is 1. The number of rotatable bonds is 7. The van der Waals surface area contributed by atoms with Crippen molar-refractivity contribution in [3.05, 3.63) is 47.4 Å². The van der Waals surface area contributed by atoms with E-state index in [0.29, 0.717) is 28.6 Å². The molecule has 0 saturated carbocycles. The van der Waals surface area contributed by atoms with Crippen LogP contribution in [0.2, 0.25) is 0 Å². The Bertz CT molecular complexity index is 754. The first-order valence-electron chi connectivity index (χ1n) is 7.19. The standard InChI is InChI=1S/C15H16N4O3S/c1-3-12-16-14(22-19-12)9-23-15-18-17-13(21-15)8-20-11-6-4-10(2)5-7-11/h4-7H,3,8-9H2,1-2H3. The number of nitrogens with zero attached hydrogens (tertiary/aromatic N) is 4. The van der Waals surface area contributed by atoms with E-state index in [0.717, 1.165) is 12.2 Å². The molecule has 7 nitrogen and oxygen atoms in total. The second-order valence-corrected chi connectivity index (χ2v) is 5.74. The topological polar surface area (TPSA) is 87.1 Å². The molecule has 0 aliphatic carbocycles. The molecule has 2 aromatic heterocycles. The van der Waals surface area contributed by atoms with Crippen molar-refractivity contribution in [2.45, 2.75) is 37.9 Å². The fraction of sp³-hybridized carbons (Fsp3) is 0.333. The summed E-state index contributed by atoms with van der Waals surface area (Å²) >= 11 is 1.35. The van der Waals surface area contributed by atoms with Crippen molar-refractivity contribution in [3.8, 4) is 5.75 Å². The first kappa shape index (κ1) is 15.5. The number of aryl methyl sites for hydroxylation is 2. The second-order valence-electron chi connectivity index (χ2n) is 4.81. The predicted molar refractivity (Wildman–Crippen MR) is 83.0 cm³/mol. The average molecular weight is 332 g/mol. The van der Waals surface area contributed by atoms with E-state index in [1.165, 1.54) is 17.3 Å². The van der Waals surface area contributed by atoms with Gasteiger partial charge in [-0.15, -0.1) is 10.2 Å². The molecule has 1 aromatic carbocycles. The molecule has 120 valence electrons. The number of hydrogen-bond donors (Lipinski definition) is 0. The largest absolute Gasteiger partial charge is 0.484 e. The Hall–Kier alpha value is -2.35. The van der Waals surface area contributed by atoms with E-state index in [1.54, 1.807) is 0 Å². The molecule has 0 spiro atoms. The highest BCUT2D eigenvalue weighted by molar-refractivity contribution is 7.98. The maximum Gasteiger partial charge on any atom is 0.277 e. The Balaban J connectivity index is 1.50. The van der Waals surface area contributed by atoms with Gasteiger partial charge in [0.25, 0.3) is 11.1 Å². The van der Waals surface area contributed by atoms with Crippen LogP contribution in [-0.2, 0) is 18.8 Å². The summed E-state index contributed by atoms with van der Waals surface area (Å²) in [5.74, 6) is 2.92. The van der Waals surface area contributed by atoms with Gasteiger partial charge in [-0.05, 0) is 19.1 Å². The summed E-state index contributed by atoms with van der Waals surface area (Å²) in [4.78, 5) is 4.22. The molecule has 0 radical (unpaired) electrons. The fourth-order valence-electron chi connectivity index (χ4n) is 1.75. The van der Waals surface area contributed by atoms with Crippen molar-refractivity contribution in [1.82, 2.24) is 20.3 Å². The average Bonchev–Trinajstić information content (AvgIpc) is 3.21. The SMILES string of the molecule is CCc1noc(CSc2nnc(COc3ccc(C)cc3)o2)n1. The van der Waals surface area contributed by atoms with Crippen LogP contribution in [0.3, 0.4) is 0 Å². The Morgan fingerprint density at radius 1 is 1.13 bits per heavy atom. The van der Waals surface area contributed by atoms with Gasteiger partial charge < -0.3 is 13.7 Å². The van der Waals surface area contributed by atoms with Crippen LogP contribution in [-0.4, -0.2) is 20.3 Å². The van der Waals surface area contributed by atoms with E-state index >= 15 is 0 Å². The van der Waals surface area contributed by atoms with Crippen LogP contribution in [0.5, 0.6) is 5.75 Å². The lowest BCUT2D eigenvalue weighted by Crippen LogP contribution is -1.95. The zero-order chi connectivity index (χ0) is 16.1. The Labute approximate surface area is 137 Å². The van der Waals surface area contributed by atoms with Crippen LogP contribution < -0.4 is 4.74 Å². The van der Waals surface area contributed by atoms with E-state index in [9.17, 15) is 0 Å². The third-order valence-corrected chi connectivity index (χ3v) is 3.78. The first-order chi connectivity index (χ1) is 11.2. The van der Waals surface area contributed by atoms with Gasteiger partial charge in [0.15, 0.2) is 12.4 Å². The van der Waals surface area contributed by atoms with Crippen LogP contribution in [0.4, 0.5) is 0 Å². The van der Waals surface area contributed by atoms with Crippen molar-refractivity contribution in [2.24, 2.45) is 0 Å². The molecule has 23 heavy (non-hydrogen) atoms. The van der Waals surface area contributed by atoms with Gasteiger partial charge in [0.2, 0.25) is 5.89 Å². The number of aromatic nitrogens is 4. The van der Waals surface area contributed by atoms with E-state index in [2.05, 4.69) is 20.3 Å². The summed E-state index contributed by atoms with van der Waals surface area (Å²) in [6.45, 7) is 4.23. The molecule has 8 heteroatoms. The molecule has 0 fully saturated rings. The van der Waals surface area contributed by atoms with Crippen molar-refractivity contribution in [2.75, 3.05) is 0 Å². The quantitative estimate of drug-likeness (QED) is 0.610. The minimum Gasteiger partial charge on any atom is -0.484 e. The minimum atomic E-state index is 0.233. The zero-order valence-electron chi connectivity index (χ0n) is 12.9. The molecule has 0 bridgehead atoms. The maximum absolute atomic E-state index is 5.59. The lowest BCUT2D eigenvalue weighted by Gasteiger charge is -2.02. The number of hydrogen-bond acceptors (Lipinski definition) is 8. The first-order valence-corrected chi connectivity index (χ1v) is 8.17. The molecule has 0 saturated heterocycles. The third-order valence-electron chi connectivity index (χ3n) is 2.98. The van der Waals surface area contributed by atoms with Gasteiger partial charge in [0.1, 0.15) is 5.75 Å². The lowest BCUT2D eigenvalue weighted by molar-refractivity contribution is 0.252. The van der Waals surface area contributed by atoms with Crippen LogP contribution >= 0.6 is 11.8 Å². The normalized spacial score (nSPS) is 10.9. The fourth-order valence-corrected chi connectivity index (χ4v) is 2.37. The van der Waals surface area contributed by atoms with Crippen molar-refractivity contribution in [1.29, 1.82) is 0 Å². The van der Waals surface area contributed by atoms with Crippen LogP contribution in [0, 0.1) is 6.92 Å². The highest BCUT2D eigenvalue weighted by Gasteiger charge is 2.11. The smallest absolute Gasteiger partial charge is 0.277 e. The van der Waals surface area contributed by atoms with Gasteiger partial charge in [-0.3, -0.25) is 0 Å². The molecule has 0 aliphatic heterocycles. The zero-order valence-corrected chi connectivity index (χ0v) is 13.7. The summed E-state index contributed by atoms with van der Waals surface area (Å²) in [6, 6.07) is 7.78. The summed E-state index contributed by atoms with van der Waals surface area (Å²) < 4.78 is 16.2. The van der Waals surface area contributed by atoms with Gasteiger partial charge in [-0.1, -0.05) is 41.5 Å². The van der Waals surface area contributed by atoms with E-state index in [-0.39, 0.29) is 6.61 Å². The molecule has 0 atom stereocenters. The summed E-state index contributed by atoms with van der Waals surface area (Å²) in [6.07, 6.45) is 0.745. The summed E-state index contributed by atoms with van der Waals surface area (Å²) in [7, 11) is 0. The molecule has 0 unspecified atom stereocenters. The van der Waals surface area contributed by atoms with Crippen molar-refractivity contribution < 1.29 is 13.7 Å². The van der Waals surface area contributed by atoms with Gasteiger partial charge >= 0.3 is 0 Å². The lowest BCUT2D eigenvalue weighted by atomic mass is 10.2. The summed E-state index contributed by atoms with van der Waals surface area (Å²) in [5, 5.41) is 12.2. The van der Waals surface area contributed by atoms with Gasteiger partial charge in [-0.25, -0.2) is 0 Å². The van der Waals surface area contributed by atoms with E-state index < -0.39 is 0 Å². The molecule has 3 rings (SSSR count). The molecular formula is C15H16N4O3S. The molecule has 3 aromatic rings. The Kier molecular flexibility index (Phi) is 4.92. The number of thioether (sulfide) groups is 1. The molecule has 0 aliphatic rings. The predicted octanol–water partition coefficient (Wildman–Crippen LogP) is 3.19. The van der Waals surface area contributed by atoms with Gasteiger partial charge in [0, 0.05) is 6.42 Å². The van der Waals surface area contributed by atoms with Gasteiger partial charge in [-0.2, -0.15) is 4.98 Å². The van der Waals surface area contributed by atoms with Crippen LogP contribution in [0.15, 0.2) is 38.4 Å². The molecule has 0 N–H and O–H groups in total. The molecule has 0 amide bonds. The molecular weight excluding hydrogens is 316 g/mol. The van der Waals surface area contributed by atoms with Gasteiger partial charge in [0.05, 0.1) is 5.75 Å². The van der Waals surface area contributed by atoms with E-state index in [4.69, 9.17) is 13.7 Å². The number of benzene rings is 1. The van der Waals surface area contributed by atoms with Crippen molar-refractivity contribution >= 4 is 11.8 Å². The van der Waals surface area contributed by atoms with Crippen LogP contribution in [0.25, 0.3) is 0 Å². The van der Waals surface area contributed by atoms with Crippen molar-refractivity contribution in [3.63, 3.8) is 0 Å². The highest BCUT2D eigenvalue weighted by Crippen LogP contribution is 2.21. The van der Waals surface area contributed by atoms with E-state index in [1.807, 2.05) is 38.1 Å². The highest BCUT2D eigenvalue weighted by atomic mass is 32.2. The Morgan fingerprint density at radius 2 is 1.96 bits per heavy atom. The second kappa shape index (κ2) is 7.28. The monoisotopic (exact) mass is 332 g/mol. The Morgan fingerprint density at radius 3 is 2.70 bits per heavy atom. The van der Waals surface area contributed by atoms with Crippen LogP contribution in [0.1, 0.15) is 30.1 Å². The minimum absolute atomic E-state index is 0.233.